The lowest BCUT2D eigenvalue weighted by atomic mass is 9.95. The number of likely N-dealkylation sites (tertiary alicyclic amines) is 1. The molecule has 1 fully saturated rings. The van der Waals surface area contributed by atoms with Gasteiger partial charge in [0, 0.05) is 30.2 Å². The van der Waals surface area contributed by atoms with Crippen LogP contribution in [-0.2, 0) is 6.54 Å². The predicted molar refractivity (Wildman–Crippen MR) is 71.1 cm³/mol. The maximum absolute atomic E-state index is 6.00. The van der Waals surface area contributed by atoms with Gasteiger partial charge in [-0.1, -0.05) is 6.92 Å². The summed E-state index contributed by atoms with van der Waals surface area (Å²) in [6, 6.07) is 0.388. The van der Waals surface area contributed by atoms with Crippen molar-refractivity contribution in [3.8, 4) is 0 Å². The molecule has 0 aromatic carbocycles. The average Bonchev–Trinajstić information content (AvgIpc) is 2.58. The van der Waals surface area contributed by atoms with Crippen LogP contribution in [0.1, 0.15) is 24.0 Å². The summed E-state index contributed by atoms with van der Waals surface area (Å²) in [5, 5.41) is 3.35. The Balaban J connectivity index is 0.00000128. The first-order chi connectivity index (χ1) is 7.15. The van der Waals surface area contributed by atoms with Gasteiger partial charge in [0.2, 0.25) is 0 Å². The Hall–Kier alpha value is -0.160. The molecule has 2 atom stereocenters. The van der Waals surface area contributed by atoms with E-state index in [9.17, 15) is 0 Å². The number of thiazole rings is 1. The van der Waals surface area contributed by atoms with Crippen molar-refractivity contribution in [1.82, 2.24) is 9.88 Å². The Labute approximate surface area is 107 Å². The second-order valence-electron chi connectivity index (χ2n) is 4.55. The Morgan fingerprint density at radius 3 is 2.94 bits per heavy atom. The van der Waals surface area contributed by atoms with Gasteiger partial charge < -0.3 is 5.73 Å². The molecule has 1 aliphatic heterocycles. The van der Waals surface area contributed by atoms with Crippen LogP contribution < -0.4 is 5.73 Å². The third-order valence-electron chi connectivity index (χ3n) is 3.08. The van der Waals surface area contributed by atoms with Gasteiger partial charge in [0.25, 0.3) is 0 Å². The number of aromatic nitrogens is 1. The van der Waals surface area contributed by atoms with E-state index in [4.69, 9.17) is 5.73 Å². The van der Waals surface area contributed by atoms with Gasteiger partial charge in [0.15, 0.2) is 0 Å². The SMILES string of the molecule is Cc1csc(CN2CCC(N)C(C)C2)n1.Cl. The molecular weight excluding hydrogens is 242 g/mol. The van der Waals surface area contributed by atoms with Crippen molar-refractivity contribution in [3.63, 3.8) is 0 Å². The second-order valence-corrected chi connectivity index (χ2v) is 5.49. The molecule has 1 saturated heterocycles. The molecule has 2 heterocycles. The lowest BCUT2D eigenvalue weighted by molar-refractivity contribution is 0.157. The minimum absolute atomic E-state index is 0. The smallest absolute Gasteiger partial charge is 0.107 e. The highest BCUT2D eigenvalue weighted by Gasteiger charge is 2.23. The van der Waals surface area contributed by atoms with Gasteiger partial charge in [-0.15, -0.1) is 23.7 Å². The molecule has 3 nitrogen and oxygen atoms in total. The van der Waals surface area contributed by atoms with Crippen LogP contribution in [0.25, 0.3) is 0 Å². The van der Waals surface area contributed by atoms with Crippen LogP contribution in [0.3, 0.4) is 0 Å². The number of aryl methyl sites for hydroxylation is 1. The summed E-state index contributed by atoms with van der Waals surface area (Å²) in [4.78, 5) is 6.96. The summed E-state index contributed by atoms with van der Waals surface area (Å²) in [5.74, 6) is 0.611. The van der Waals surface area contributed by atoms with Crippen molar-refractivity contribution in [2.45, 2.75) is 32.9 Å². The number of hydrogen-bond acceptors (Lipinski definition) is 4. The molecule has 16 heavy (non-hydrogen) atoms. The normalized spacial score (nSPS) is 26.4. The standard InChI is InChI=1S/C11H19N3S.ClH/c1-8-5-14(4-3-10(8)12)6-11-13-9(2)7-15-11;/h7-8,10H,3-6,12H2,1-2H3;1H. The molecule has 0 bridgehead atoms. The number of rotatable bonds is 2. The first kappa shape index (κ1) is 13.9. The van der Waals surface area contributed by atoms with Crippen molar-refractivity contribution in [2.75, 3.05) is 13.1 Å². The van der Waals surface area contributed by atoms with Crippen LogP contribution in [0.2, 0.25) is 0 Å². The van der Waals surface area contributed by atoms with E-state index in [0.29, 0.717) is 12.0 Å². The quantitative estimate of drug-likeness (QED) is 0.886. The third-order valence-corrected chi connectivity index (χ3v) is 4.03. The minimum atomic E-state index is 0. The highest BCUT2D eigenvalue weighted by Crippen LogP contribution is 2.18. The van der Waals surface area contributed by atoms with E-state index in [1.165, 1.54) is 5.01 Å². The maximum atomic E-state index is 6.00. The fourth-order valence-electron chi connectivity index (χ4n) is 2.06. The summed E-state index contributed by atoms with van der Waals surface area (Å²) < 4.78 is 0. The molecule has 0 radical (unpaired) electrons. The summed E-state index contributed by atoms with van der Waals surface area (Å²) >= 11 is 1.76. The average molecular weight is 262 g/mol. The molecule has 5 heteroatoms. The van der Waals surface area contributed by atoms with Gasteiger partial charge in [0.05, 0.1) is 6.54 Å². The Kier molecular flexibility index (Phi) is 5.18. The first-order valence-corrected chi connectivity index (χ1v) is 6.42. The lowest BCUT2D eigenvalue weighted by Crippen LogP contribution is -2.45. The molecule has 1 aromatic heterocycles. The van der Waals surface area contributed by atoms with Gasteiger partial charge in [-0.25, -0.2) is 4.98 Å². The summed E-state index contributed by atoms with van der Waals surface area (Å²) in [6.07, 6.45) is 1.12. The summed E-state index contributed by atoms with van der Waals surface area (Å²) in [7, 11) is 0. The first-order valence-electron chi connectivity index (χ1n) is 5.54. The molecule has 2 rings (SSSR count). The van der Waals surface area contributed by atoms with Crippen LogP contribution in [0.5, 0.6) is 0 Å². The molecule has 0 aliphatic carbocycles. The molecule has 2 unspecified atom stereocenters. The van der Waals surface area contributed by atoms with Crippen LogP contribution in [0, 0.1) is 12.8 Å². The lowest BCUT2D eigenvalue weighted by Gasteiger charge is -2.34. The van der Waals surface area contributed by atoms with Gasteiger partial charge in [-0.3, -0.25) is 4.90 Å². The Morgan fingerprint density at radius 1 is 1.62 bits per heavy atom. The van der Waals surface area contributed by atoms with Gasteiger partial charge in [0.1, 0.15) is 5.01 Å². The van der Waals surface area contributed by atoms with E-state index in [-0.39, 0.29) is 12.4 Å². The van der Waals surface area contributed by atoms with Crippen LogP contribution in [-0.4, -0.2) is 29.0 Å². The van der Waals surface area contributed by atoms with Crippen LogP contribution in [0.4, 0.5) is 0 Å². The molecule has 0 amide bonds. The zero-order valence-electron chi connectivity index (χ0n) is 9.85. The van der Waals surface area contributed by atoms with E-state index >= 15 is 0 Å². The van der Waals surface area contributed by atoms with E-state index in [0.717, 1.165) is 31.7 Å². The molecule has 1 aromatic rings. The zero-order chi connectivity index (χ0) is 10.8. The highest BCUT2D eigenvalue weighted by molar-refractivity contribution is 7.09. The molecule has 2 N–H and O–H groups in total. The van der Waals surface area contributed by atoms with E-state index < -0.39 is 0 Å². The van der Waals surface area contributed by atoms with E-state index in [1.54, 1.807) is 11.3 Å². The van der Waals surface area contributed by atoms with Gasteiger partial charge in [-0.05, 0) is 19.3 Å². The van der Waals surface area contributed by atoms with Crippen LogP contribution in [0.15, 0.2) is 5.38 Å². The summed E-state index contributed by atoms with van der Waals surface area (Å²) in [6.45, 7) is 7.51. The molecular formula is C11H20ClN3S. The summed E-state index contributed by atoms with van der Waals surface area (Å²) in [5.41, 5.74) is 7.13. The van der Waals surface area contributed by atoms with E-state index in [2.05, 4.69) is 29.1 Å². The minimum Gasteiger partial charge on any atom is -0.327 e. The topological polar surface area (TPSA) is 42.1 Å². The number of nitrogens with two attached hydrogens (primary N) is 1. The number of piperidine rings is 1. The van der Waals surface area contributed by atoms with Gasteiger partial charge in [-0.2, -0.15) is 0 Å². The fraction of sp³-hybridized carbons (Fsp3) is 0.727. The third kappa shape index (κ3) is 3.42. The Bertz CT molecular complexity index is 329. The maximum Gasteiger partial charge on any atom is 0.107 e. The second kappa shape index (κ2) is 5.96. The van der Waals surface area contributed by atoms with Crippen molar-refractivity contribution in [3.05, 3.63) is 16.1 Å². The Morgan fingerprint density at radius 2 is 2.38 bits per heavy atom. The number of halogens is 1. The highest BCUT2D eigenvalue weighted by atomic mass is 35.5. The molecule has 92 valence electrons. The molecule has 0 saturated carbocycles. The number of nitrogens with zero attached hydrogens (tertiary/aromatic N) is 2. The van der Waals surface area contributed by atoms with Crippen molar-refractivity contribution in [2.24, 2.45) is 11.7 Å². The van der Waals surface area contributed by atoms with E-state index in [1.807, 2.05) is 0 Å². The van der Waals surface area contributed by atoms with Crippen LogP contribution >= 0.6 is 23.7 Å². The fourth-order valence-corrected chi connectivity index (χ4v) is 2.87. The van der Waals surface area contributed by atoms with Crippen molar-refractivity contribution < 1.29 is 0 Å². The molecule has 1 aliphatic rings. The predicted octanol–water partition coefficient (Wildman–Crippen LogP) is 2.04. The monoisotopic (exact) mass is 261 g/mol. The largest absolute Gasteiger partial charge is 0.327 e. The number of hydrogen-bond donors (Lipinski definition) is 1. The van der Waals surface area contributed by atoms with Crippen molar-refractivity contribution in [1.29, 1.82) is 0 Å². The van der Waals surface area contributed by atoms with Gasteiger partial charge >= 0.3 is 0 Å². The van der Waals surface area contributed by atoms with Crippen molar-refractivity contribution >= 4 is 23.7 Å². The molecule has 0 spiro atoms. The zero-order valence-corrected chi connectivity index (χ0v) is 11.5.